The van der Waals surface area contributed by atoms with Gasteiger partial charge in [-0.2, -0.15) is 5.11 Å². The summed E-state index contributed by atoms with van der Waals surface area (Å²) in [6, 6.07) is 20.1. The van der Waals surface area contributed by atoms with Crippen molar-refractivity contribution in [3.05, 3.63) is 86.8 Å². The molecule has 0 radical (unpaired) electrons. The number of nitrogens with one attached hydrogen (secondary N) is 2. The van der Waals surface area contributed by atoms with Gasteiger partial charge in [-0.15, -0.1) is 5.11 Å². The highest BCUT2D eigenvalue weighted by Gasteiger charge is 2.12. The molecular weight excluding hydrogens is 524 g/mol. The minimum Gasteiger partial charge on any atom is -0.493 e. The average Bonchev–Trinajstić information content (AvgIpc) is 3.07. The lowest BCUT2D eigenvalue weighted by Gasteiger charge is -2.14. The molecule has 0 bridgehead atoms. The van der Waals surface area contributed by atoms with Crippen LogP contribution in [-0.4, -0.2) is 16.0 Å². The summed E-state index contributed by atoms with van der Waals surface area (Å²) >= 11 is 6.83. The van der Waals surface area contributed by atoms with Crippen molar-refractivity contribution in [1.82, 2.24) is 10.3 Å². The molecule has 1 aromatic heterocycles. The summed E-state index contributed by atoms with van der Waals surface area (Å²) in [6.07, 6.45) is 0. The number of aromatic hydroxyl groups is 1. The van der Waals surface area contributed by atoms with Gasteiger partial charge in [0.15, 0.2) is 5.69 Å². The van der Waals surface area contributed by atoms with E-state index in [2.05, 4.69) is 52.4 Å². The highest BCUT2D eigenvalue weighted by molar-refractivity contribution is 9.10. The monoisotopic (exact) mass is 540 g/mol. The van der Waals surface area contributed by atoms with Crippen molar-refractivity contribution in [2.75, 3.05) is 0 Å². The topological polar surface area (TPSA) is 89.8 Å². The van der Waals surface area contributed by atoms with E-state index >= 15 is 0 Å². The number of azo groups is 1. The third-order valence-electron chi connectivity index (χ3n) is 4.83. The second-order valence-electron chi connectivity index (χ2n) is 7.01. The van der Waals surface area contributed by atoms with Crippen LogP contribution >= 0.6 is 31.9 Å². The van der Waals surface area contributed by atoms with Gasteiger partial charge in [-0.1, -0.05) is 44.0 Å². The van der Waals surface area contributed by atoms with Crippen LogP contribution in [0.5, 0.6) is 5.88 Å². The summed E-state index contributed by atoms with van der Waals surface area (Å²) in [7, 11) is 0. The fourth-order valence-corrected chi connectivity index (χ4v) is 3.76. The Morgan fingerprint density at radius 2 is 1.65 bits per heavy atom. The van der Waals surface area contributed by atoms with Crippen LogP contribution in [0.25, 0.3) is 10.9 Å². The zero-order chi connectivity index (χ0) is 22.0. The predicted molar refractivity (Wildman–Crippen MR) is 128 cm³/mol. The molecule has 0 aliphatic rings. The first-order valence-electron chi connectivity index (χ1n) is 9.49. The van der Waals surface area contributed by atoms with Crippen molar-refractivity contribution < 1.29 is 9.90 Å². The third-order valence-corrected chi connectivity index (χ3v) is 5.85. The van der Waals surface area contributed by atoms with E-state index < -0.39 is 0 Å². The Labute approximate surface area is 195 Å². The van der Waals surface area contributed by atoms with Crippen LogP contribution in [-0.2, 0) is 0 Å². The molecule has 4 aromatic rings. The second-order valence-corrected chi connectivity index (χ2v) is 8.84. The van der Waals surface area contributed by atoms with Crippen molar-refractivity contribution >= 4 is 60.0 Å². The smallest absolute Gasteiger partial charge is 0.251 e. The number of carbonyl (C=O) groups excluding carboxylic acids is 1. The second kappa shape index (κ2) is 9.03. The van der Waals surface area contributed by atoms with Crippen LogP contribution in [0.15, 0.2) is 85.9 Å². The van der Waals surface area contributed by atoms with Crippen molar-refractivity contribution in [1.29, 1.82) is 0 Å². The van der Waals surface area contributed by atoms with Gasteiger partial charge in [0, 0.05) is 19.9 Å². The molecule has 0 saturated heterocycles. The molecule has 6 nitrogen and oxygen atoms in total. The Kier molecular flexibility index (Phi) is 6.20. The van der Waals surface area contributed by atoms with E-state index in [0.717, 1.165) is 25.4 Å². The van der Waals surface area contributed by atoms with Gasteiger partial charge in [-0.25, -0.2) is 0 Å². The van der Waals surface area contributed by atoms with Crippen molar-refractivity contribution in [2.45, 2.75) is 13.0 Å². The van der Waals surface area contributed by atoms with Gasteiger partial charge >= 0.3 is 0 Å². The summed E-state index contributed by atoms with van der Waals surface area (Å²) in [5.74, 6) is -0.215. The molecule has 31 heavy (non-hydrogen) atoms. The van der Waals surface area contributed by atoms with Crippen molar-refractivity contribution in [2.24, 2.45) is 10.2 Å². The summed E-state index contributed by atoms with van der Waals surface area (Å²) in [5, 5.41) is 22.3. The van der Waals surface area contributed by atoms with E-state index in [9.17, 15) is 9.90 Å². The van der Waals surface area contributed by atoms with E-state index in [1.165, 1.54) is 0 Å². The first kappa shape index (κ1) is 21.3. The predicted octanol–water partition coefficient (Wildman–Crippen LogP) is 7.30. The summed E-state index contributed by atoms with van der Waals surface area (Å²) in [4.78, 5) is 15.4. The molecular formula is C23H18Br2N4O2. The maximum absolute atomic E-state index is 12.6. The number of aromatic amines is 1. The lowest BCUT2D eigenvalue weighted by Crippen LogP contribution is -2.26. The number of nitrogens with zero attached hydrogens (tertiary/aromatic N) is 2. The fourth-order valence-electron chi connectivity index (χ4n) is 3.14. The highest BCUT2D eigenvalue weighted by atomic mass is 79.9. The first-order valence-corrected chi connectivity index (χ1v) is 11.1. The fraction of sp³-hybridized carbons (Fsp3) is 0.0870. The third kappa shape index (κ3) is 4.86. The van der Waals surface area contributed by atoms with Crippen LogP contribution in [0.4, 0.5) is 11.4 Å². The number of rotatable bonds is 5. The molecule has 3 N–H and O–H groups in total. The first-order chi connectivity index (χ1) is 14.9. The van der Waals surface area contributed by atoms with Crippen molar-refractivity contribution in [3.63, 3.8) is 0 Å². The van der Waals surface area contributed by atoms with Crippen LogP contribution in [0.2, 0.25) is 0 Å². The van der Waals surface area contributed by atoms with Gasteiger partial charge in [0.05, 0.1) is 17.2 Å². The van der Waals surface area contributed by atoms with E-state index in [0.29, 0.717) is 16.9 Å². The largest absolute Gasteiger partial charge is 0.493 e. The summed E-state index contributed by atoms with van der Waals surface area (Å²) in [5.41, 5.74) is 3.25. The maximum atomic E-state index is 12.6. The molecule has 0 aliphatic heterocycles. The van der Waals surface area contributed by atoms with Gasteiger partial charge in [0.2, 0.25) is 5.88 Å². The number of fused-ring (bicyclic) bond motifs is 1. The number of halogens is 2. The SMILES string of the molecule is C[C@@H](NC(=O)c1ccc(N=Nc2c(O)[nH]c3ccc(Br)cc23)cc1)c1ccc(Br)cc1. The van der Waals surface area contributed by atoms with Crippen LogP contribution in [0.1, 0.15) is 28.9 Å². The average molecular weight is 542 g/mol. The van der Waals surface area contributed by atoms with E-state index in [1.54, 1.807) is 24.3 Å². The molecule has 0 fully saturated rings. The van der Waals surface area contributed by atoms with E-state index in [4.69, 9.17) is 0 Å². The maximum Gasteiger partial charge on any atom is 0.251 e. The quantitative estimate of drug-likeness (QED) is 0.231. The van der Waals surface area contributed by atoms with Crippen molar-refractivity contribution in [3.8, 4) is 5.88 Å². The molecule has 1 atom stereocenters. The Balaban J connectivity index is 1.47. The number of amides is 1. The van der Waals surface area contributed by atoms with E-state index in [-0.39, 0.29) is 17.8 Å². The van der Waals surface area contributed by atoms with E-state index in [1.807, 2.05) is 49.4 Å². The molecule has 156 valence electrons. The lowest BCUT2D eigenvalue weighted by atomic mass is 10.1. The molecule has 1 heterocycles. The number of aromatic nitrogens is 1. The van der Waals surface area contributed by atoms with Gasteiger partial charge in [-0.05, 0) is 67.1 Å². The molecule has 1 amide bonds. The summed E-state index contributed by atoms with van der Waals surface area (Å²) < 4.78 is 1.87. The lowest BCUT2D eigenvalue weighted by molar-refractivity contribution is 0.0940. The molecule has 0 saturated carbocycles. The molecule has 0 aliphatic carbocycles. The Morgan fingerprint density at radius 3 is 2.35 bits per heavy atom. The van der Waals surface area contributed by atoms with Gasteiger partial charge in [0.25, 0.3) is 5.91 Å². The number of hydrogen-bond acceptors (Lipinski definition) is 4. The number of benzene rings is 3. The highest BCUT2D eigenvalue weighted by Crippen LogP contribution is 2.37. The Morgan fingerprint density at radius 1 is 0.968 bits per heavy atom. The number of hydrogen-bond donors (Lipinski definition) is 3. The standard InChI is InChI=1S/C23H18Br2N4O2/c1-13(14-2-6-16(24)7-3-14)26-22(30)15-4-9-18(10-5-15)28-29-21-19-12-17(25)8-11-20(19)27-23(21)31/h2-13,27,31H,1H3,(H,26,30)/t13-/m1/s1. The van der Waals surface area contributed by atoms with Gasteiger partial charge < -0.3 is 15.4 Å². The zero-order valence-electron chi connectivity index (χ0n) is 16.4. The zero-order valence-corrected chi connectivity index (χ0v) is 19.6. The molecule has 0 spiro atoms. The normalized spacial score (nSPS) is 12.4. The number of H-pyrrole nitrogens is 1. The minimum atomic E-state index is -0.168. The Bertz CT molecular complexity index is 1270. The molecule has 3 aromatic carbocycles. The van der Waals surface area contributed by atoms with Crippen LogP contribution in [0, 0.1) is 0 Å². The minimum absolute atomic E-state index is 0.0465. The molecule has 0 unspecified atom stereocenters. The number of carbonyl (C=O) groups is 1. The van der Waals surface area contributed by atoms with Gasteiger partial charge in [-0.3, -0.25) is 4.79 Å². The van der Waals surface area contributed by atoms with Crippen LogP contribution < -0.4 is 5.32 Å². The Hall–Kier alpha value is -2.97. The molecule has 8 heteroatoms. The summed E-state index contributed by atoms with van der Waals surface area (Å²) in [6.45, 7) is 1.94. The molecule has 4 rings (SSSR count). The van der Waals surface area contributed by atoms with Crippen LogP contribution in [0.3, 0.4) is 0 Å². The van der Waals surface area contributed by atoms with Gasteiger partial charge in [0.1, 0.15) is 0 Å².